The minimum absolute atomic E-state index is 0.0237. The van der Waals surface area contributed by atoms with Gasteiger partial charge in [0, 0.05) is 5.56 Å². The molecule has 0 amide bonds. The third kappa shape index (κ3) is 4.94. The number of phenolic OH excluding ortho intramolecular Hbond substituents is 1. The molecule has 0 aliphatic rings. The topological polar surface area (TPSA) is 83.8 Å². The molecule has 0 spiro atoms. The van der Waals surface area contributed by atoms with Crippen molar-refractivity contribution in [1.29, 1.82) is 0 Å². The number of aliphatic carboxylic acids is 1. The van der Waals surface area contributed by atoms with E-state index >= 15 is 0 Å². The summed E-state index contributed by atoms with van der Waals surface area (Å²) in [5.74, 6) is -0.626. The molecule has 1 atom stereocenters. The molecule has 0 bridgehead atoms. The lowest BCUT2D eigenvalue weighted by Crippen LogP contribution is -2.14. The number of thiol groups is 1. The largest absolute Gasteiger partial charge is 0.507 e. The summed E-state index contributed by atoms with van der Waals surface area (Å²) in [6.45, 7) is 3.71. The van der Waals surface area contributed by atoms with Crippen LogP contribution in [0, 0.1) is 0 Å². The molecule has 0 aliphatic heterocycles. The Hall–Kier alpha value is -1.69. The summed E-state index contributed by atoms with van der Waals surface area (Å²) in [5.41, 5.74) is 0.910. The van der Waals surface area contributed by atoms with Crippen LogP contribution >= 0.6 is 12.6 Å². The molecule has 6 heteroatoms. The Bertz CT molecular complexity index is 542. The molecule has 5 nitrogen and oxygen atoms in total. The second kappa shape index (κ2) is 8.68. The maximum atomic E-state index is 11.5. The van der Waals surface area contributed by atoms with Crippen LogP contribution in [-0.4, -0.2) is 33.8 Å². The quantitative estimate of drug-likeness (QED) is 0.369. The summed E-state index contributed by atoms with van der Waals surface area (Å²) in [6, 6.07) is 3.22. The highest BCUT2D eigenvalue weighted by molar-refractivity contribution is 7.81. The van der Waals surface area contributed by atoms with Crippen LogP contribution in [0.25, 0.3) is 0 Å². The Balaban J connectivity index is 2.76. The van der Waals surface area contributed by atoms with Crippen LogP contribution in [0.3, 0.4) is 0 Å². The van der Waals surface area contributed by atoms with Gasteiger partial charge in [-0.3, -0.25) is 9.59 Å². The van der Waals surface area contributed by atoms with Crippen LogP contribution in [0.4, 0.5) is 0 Å². The predicted molar refractivity (Wildman–Crippen MR) is 87.2 cm³/mol. The summed E-state index contributed by atoms with van der Waals surface area (Å²) >= 11 is 3.96. The van der Waals surface area contributed by atoms with E-state index in [1.54, 1.807) is 12.1 Å². The molecule has 1 rings (SSSR count). The minimum Gasteiger partial charge on any atom is -0.507 e. The SMILES string of the molecule is CCCc1c(OCCC[C@H](S)C(=O)O)ccc(C(C)=O)c1O. The van der Waals surface area contributed by atoms with Crippen molar-refractivity contribution in [3.8, 4) is 11.5 Å². The Morgan fingerprint density at radius 3 is 2.59 bits per heavy atom. The second-order valence-corrected chi connectivity index (χ2v) is 5.71. The monoisotopic (exact) mass is 326 g/mol. The zero-order valence-electron chi connectivity index (χ0n) is 12.8. The van der Waals surface area contributed by atoms with Gasteiger partial charge < -0.3 is 14.9 Å². The van der Waals surface area contributed by atoms with E-state index in [4.69, 9.17) is 9.84 Å². The molecule has 0 radical (unpaired) electrons. The number of benzene rings is 1. The molecule has 22 heavy (non-hydrogen) atoms. The number of carboxylic acids is 1. The van der Waals surface area contributed by atoms with Gasteiger partial charge in [-0.1, -0.05) is 13.3 Å². The summed E-state index contributed by atoms with van der Waals surface area (Å²) in [7, 11) is 0. The number of hydrogen-bond donors (Lipinski definition) is 3. The first-order valence-corrected chi connectivity index (χ1v) is 7.79. The molecular formula is C16H22O5S. The molecule has 0 saturated carbocycles. The smallest absolute Gasteiger partial charge is 0.316 e. The third-order valence-corrected chi connectivity index (χ3v) is 3.76. The van der Waals surface area contributed by atoms with Crippen molar-refractivity contribution in [2.45, 2.75) is 44.8 Å². The van der Waals surface area contributed by atoms with Crippen LogP contribution in [0.2, 0.25) is 0 Å². The number of carboxylic acid groups (broad SMARTS) is 1. The summed E-state index contributed by atoms with van der Waals surface area (Å²) in [4.78, 5) is 22.1. The fourth-order valence-electron chi connectivity index (χ4n) is 2.11. The van der Waals surface area contributed by atoms with Gasteiger partial charge in [-0.2, -0.15) is 12.6 Å². The van der Waals surface area contributed by atoms with Gasteiger partial charge in [0.25, 0.3) is 0 Å². The van der Waals surface area contributed by atoms with E-state index in [2.05, 4.69) is 12.6 Å². The molecule has 122 valence electrons. The Morgan fingerprint density at radius 2 is 2.05 bits per heavy atom. The van der Waals surface area contributed by atoms with Crippen LogP contribution < -0.4 is 4.74 Å². The first-order chi connectivity index (χ1) is 10.4. The van der Waals surface area contributed by atoms with E-state index in [-0.39, 0.29) is 17.1 Å². The number of carbonyl (C=O) groups excluding carboxylic acids is 1. The minimum atomic E-state index is -0.946. The van der Waals surface area contributed by atoms with Gasteiger partial charge in [0.2, 0.25) is 0 Å². The molecule has 0 heterocycles. The Labute approximate surface area is 135 Å². The van der Waals surface area contributed by atoms with Gasteiger partial charge >= 0.3 is 5.97 Å². The van der Waals surface area contributed by atoms with Crippen LogP contribution in [0.5, 0.6) is 11.5 Å². The van der Waals surface area contributed by atoms with Crippen molar-refractivity contribution >= 4 is 24.4 Å². The fraction of sp³-hybridized carbons (Fsp3) is 0.500. The lowest BCUT2D eigenvalue weighted by atomic mass is 10.0. The summed E-state index contributed by atoms with van der Waals surface area (Å²) < 4.78 is 5.64. The summed E-state index contributed by atoms with van der Waals surface area (Å²) in [5, 5.41) is 18.2. The van der Waals surface area contributed by atoms with E-state index in [1.807, 2.05) is 6.92 Å². The van der Waals surface area contributed by atoms with Crippen LogP contribution in [-0.2, 0) is 11.2 Å². The van der Waals surface area contributed by atoms with Crippen molar-refractivity contribution in [2.75, 3.05) is 6.61 Å². The average Bonchev–Trinajstić information content (AvgIpc) is 2.46. The molecule has 1 aromatic rings. The highest BCUT2D eigenvalue weighted by Gasteiger charge is 2.16. The van der Waals surface area contributed by atoms with Gasteiger partial charge in [0.05, 0.1) is 17.4 Å². The van der Waals surface area contributed by atoms with E-state index < -0.39 is 11.2 Å². The average molecular weight is 326 g/mol. The number of rotatable bonds is 9. The zero-order chi connectivity index (χ0) is 16.7. The van der Waals surface area contributed by atoms with E-state index in [9.17, 15) is 14.7 Å². The molecule has 1 aromatic carbocycles. The van der Waals surface area contributed by atoms with Crippen LogP contribution in [0.1, 0.15) is 49.0 Å². The maximum absolute atomic E-state index is 11.5. The van der Waals surface area contributed by atoms with E-state index in [0.717, 1.165) is 6.42 Å². The van der Waals surface area contributed by atoms with Crippen molar-refractivity contribution in [2.24, 2.45) is 0 Å². The highest BCUT2D eigenvalue weighted by atomic mass is 32.1. The standard InChI is InChI=1S/C16H22O5S/c1-3-5-12-13(8-7-11(10(2)17)15(12)18)21-9-4-6-14(22)16(19)20/h7-8,14,18,22H,3-6,9H2,1-2H3,(H,19,20)/t14-/m0/s1. The molecular weight excluding hydrogens is 304 g/mol. The molecule has 0 aliphatic carbocycles. The number of ether oxygens (including phenoxy) is 1. The van der Waals surface area contributed by atoms with E-state index in [1.165, 1.54) is 6.92 Å². The second-order valence-electron chi connectivity index (χ2n) is 5.09. The number of Topliss-reactive ketones (excluding diaryl/α,β-unsaturated/α-hetero) is 1. The van der Waals surface area contributed by atoms with Gasteiger partial charge in [0.15, 0.2) is 5.78 Å². The van der Waals surface area contributed by atoms with Crippen LogP contribution in [0.15, 0.2) is 12.1 Å². The Morgan fingerprint density at radius 1 is 1.36 bits per heavy atom. The number of ketones is 1. The lowest BCUT2D eigenvalue weighted by Gasteiger charge is -2.15. The third-order valence-electron chi connectivity index (χ3n) is 3.28. The predicted octanol–water partition coefficient (Wildman–Crippen LogP) is 3.09. The molecule has 0 saturated heterocycles. The number of aromatic hydroxyl groups is 1. The van der Waals surface area contributed by atoms with Crippen molar-refractivity contribution in [3.63, 3.8) is 0 Å². The number of hydrogen-bond acceptors (Lipinski definition) is 5. The van der Waals surface area contributed by atoms with Gasteiger partial charge in [-0.05, 0) is 38.3 Å². The van der Waals surface area contributed by atoms with Gasteiger partial charge in [-0.15, -0.1) is 0 Å². The van der Waals surface area contributed by atoms with E-state index in [0.29, 0.717) is 37.2 Å². The molecule has 2 N–H and O–H groups in total. The number of phenols is 1. The first-order valence-electron chi connectivity index (χ1n) is 7.27. The normalized spacial score (nSPS) is 12.0. The Kier molecular flexibility index (Phi) is 7.24. The van der Waals surface area contributed by atoms with Gasteiger partial charge in [-0.25, -0.2) is 0 Å². The molecule has 0 fully saturated rings. The first kappa shape index (κ1) is 18.4. The lowest BCUT2D eigenvalue weighted by molar-refractivity contribution is -0.136. The van der Waals surface area contributed by atoms with Crippen molar-refractivity contribution in [3.05, 3.63) is 23.3 Å². The fourth-order valence-corrected chi connectivity index (χ4v) is 2.29. The molecule has 0 aromatic heterocycles. The zero-order valence-corrected chi connectivity index (χ0v) is 13.7. The highest BCUT2D eigenvalue weighted by Crippen LogP contribution is 2.33. The maximum Gasteiger partial charge on any atom is 0.316 e. The summed E-state index contributed by atoms with van der Waals surface area (Å²) in [6.07, 6.45) is 2.36. The van der Waals surface area contributed by atoms with Crippen molar-refractivity contribution < 1.29 is 24.5 Å². The molecule has 0 unspecified atom stereocenters. The number of carbonyl (C=O) groups is 2. The van der Waals surface area contributed by atoms with Crippen molar-refractivity contribution in [1.82, 2.24) is 0 Å². The van der Waals surface area contributed by atoms with Gasteiger partial charge in [0.1, 0.15) is 11.5 Å².